The van der Waals surface area contributed by atoms with Gasteiger partial charge in [0.05, 0.1) is 12.2 Å². The maximum absolute atomic E-state index is 5.74. The summed E-state index contributed by atoms with van der Waals surface area (Å²) in [5, 5.41) is 0. The summed E-state index contributed by atoms with van der Waals surface area (Å²) in [7, 11) is 0. The fourth-order valence-corrected chi connectivity index (χ4v) is 1.46. The second kappa shape index (κ2) is 2.67. The molecule has 3 atom stereocenters. The van der Waals surface area contributed by atoms with Crippen molar-refractivity contribution in [1.82, 2.24) is 0 Å². The molecule has 0 bridgehead atoms. The van der Waals surface area contributed by atoms with Crippen LogP contribution in [-0.4, -0.2) is 18.2 Å². The summed E-state index contributed by atoms with van der Waals surface area (Å²) in [6, 6.07) is 0.365. The standard InChI is InChI=1S/C7H15NO/c1-5-3-7(8)4-6(2)9-5/h5-7H,3-4,8H2,1-2H3/t5-,6+,7+. The highest BCUT2D eigenvalue weighted by Gasteiger charge is 2.20. The molecule has 1 saturated heterocycles. The van der Waals surface area contributed by atoms with E-state index in [4.69, 9.17) is 10.5 Å². The molecule has 1 rings (SSSR count). The average Bonchev–Trinajstić information content (AvgIpc) is 1.59. The molecular weight excluding hydrogens is 114 g/mol. The van der Waals surface area contributed by atoms with E-state index >= 15 is 0 Å². The van der Waals surface area contributed by atoms with Crippen LogP contribution in [0.1, 0.15) is 26.7 Å². The van der Waals surface area contributed by atoms with Gasteiger partial charge in [-0.25, -0.2) is 0 Å². The molecule has 2 nitrogen and oxygen atoms in total. The molecule has 0 radical (unpaired) electrons. The van der Waals surface area contributed by atoms with Crippen LogP contribution in [0.15, 0.2) is 0 Å². The minimum atomic E-state index is 0.365. The van der Waals surface area contributed by atoms with Crippen LogP contribution < -0.4 is 5.73 Å². The molecule has 2 heteroatoms. The molecule has 0 amide bonds. The molecule has 1 heterocycles. The molecule has 2 N–H and O–H groups in total. The van der Waals surface area contributed by atoms with E-state index in [1.165, 1.54) is 0 Å². The normalized spacial score (nSPS) is 45.0. The Balaban J connectivity index is 2.34. The van der Waals surface area contributed by atoms with E-state index in [9.17, 15) is 0 Å². The van der Waals surface area contributed by atoms with Crippen molar-refractivity contribution >= 4 is 0 Å². The zero-order valence-electron chi connectivity index (χ0n) is 6.13. The molecule has 54 valence electrons. The Morgan fingerprint density at radius 2 is 1.67 bits per heavy atom. The van der Waals surface area contributed by atoms with E-state index < -0.39 is 0 Å². The van der Waals surface area contributed by atoms with Crippen LogP contribution in [0.5, 0.6) is 0 Å². The first-order valence-corrected chi connectivity index (χ1v) is 3.59. The summed E-state index contributed by atoms with van der Waals surface area (Å²) in [6.45, 7) is 4.16. The summed E-state index contributed by atoms with van der Waals surface area (Å²) in [5.74, 6) is 0. The van der Waals surface area contributed by atoms with Gasteiger partial charge in [-0.1, -0.05) is 0 Å². The van der Waals surface area contributed by atoms with Gasteiger partial charge in [0, 0.05) is 6.04 Å². The van der Waals surface area contributed by atoms with Crippen LogP contribution in [0.4, 0.5) is 0 Å². The van der Waals surface area contributed by atoms with Crippen molar-refractivity contribution in [3.63, 3.8) is 0 Å². The summed E-state index contributed by atoms with van der Waals surface area (Å²) >= 11 is 0. The zero-order chi connectivity index (χ0) is 6.85. The van der Waals surface area contributed by atoms with Crippen LogP contribution in [0, 0.1) is 0 Å². The molecule has 1 aliphatic heterocycles. The molecule has 1 aliphatic rings. The van der Waals surface area contributed by atoms with Crippen LogP contribution in [0.2, 0.25) is 0 Å². The first-order chi connectivity index (χ1) is 4.18. The lowest BCUT2D eigenvalue weighted by atomic mass is 10.0. The predicted octanol–water partition coefficient (Wildman–Crippen LogP) is 0.901. The van der Waals surface area contributed by atoms with Crippen LogP contribution in [0.25, 0.3) is 0 Å². The van der Waals surface area contributed by atoms with Gasteiger partial charge in [-0.2, -0.15) is 0 Å². The number of hydrogen-bond donors (Lipinski definition) is 1. The molecule has 0 unspecified atom stereocenters. The highest BCUT2D eigenvalue weighted by atomic mass is 16.5. The molecule has 0 aromatic rings. The zero-order valence-corrected chi connectivity index (χ0v) is 6.13. The average molecular weight is 129 g/mol. The fraction of sp³-hybridized carbons (Fsp3) is 1.00. The third-order valence-corrected chi connectivity index (χ3v) is 1.73. The minimum Gasteiger partial charge on any atom is -0.375 e. The first-order valence-electron chi connectivity index (χ1n) is 3.59. The molecule has 9 heavy (non-hydrogen) atoms. The third-order valence-electron chi connectivity index (χ3n) is 1.73. The smallest absolute Gasteiger partial charge is 0.0565 e. The monoisotopic (exact) mass is 129 g/mol. The lowest BCUT2D eigenvalue weighted by molar-refractivity contribution is -0.0365. The van der Waals surface area contributed by atoms with Crippen LogP contribution in [-0.2, 0) is 4.74 Å². The van der Waals surface area contributed by atoms with Crippen molar-refractivity contribution in [2.45, 2.75) is 44.9 Å². The molecule has 0 aromatic carbocycles. The Hall–Kier alpha value is -0.0800. The number of hydrogen-bond acceptors (Lipinski definition) is 2. The molecule has 0 aliphatic carbocycles. The molecular formula is C7H15NO. The lowest BCUT2D eigenvalue weighted by Crippen LogP contribution is -2.37. The molecule has 0 aromatic heterocycles. The Bertz CT molecular complexity index is 69.9. The van der Waals surface area contributed by atoms with Gasteiger partial charge in [0.25, 0.3) is 0 Å². The fourth-order valence-electron chi connectivity index (χ4n) is 1.46. The maximum Gasteiger partial charge on any atom is 0.0565 e. The van der Waals surface area contributed by atoms with Gasteiger partial charge in [-0.05, 0) is 26.7 Å². The van der Waals surface area contributed by atoms with Crippen LogP contribution in [0.3, 0.4) is 0 Å². The van der Waals surface area contributed by atoms with E-state index in [-0.39, 0.29) is 0 Å². The maximum atomic E-state index is 5.74. The molecule has 0 spiro atoms. The van der Waals surface area contributed by atoms with E-state index in [1.54, 1.807) is 0 Å². The third kappa shape index (κ3) is 1.95. The number of nitrogens with two attached hydrogens (primary N) is 1. The van der Waals surface area contributed by atoms with Gasteiger partial charge < -0.3 is 10.5 Å². The Labute approximate surface area is 56.4 Å². The lowest BCUT2D eigenvalue weighted by Gasteiger charge is -2.29. The summed E-state index contributed by atoms with van der Waals surface area (Å²) in [6.07, 6.45) is 2.77. The number of rotatable bonds is 0. The SMILES string of the molecule is C[C@@H]1C[C@H](N)C[C@H](C)O1. The van der Waals surface area contributed by atoms with Crippen molar-refractivity contribution in [2.75, 3.05) is 0 Å². The predicted molar refractivity (Wildman–Crippen MR) is 37.2 cm³/mol. The Kier molecular flexibility index (Phi) is 2.09. The summed E-state index contributed by atoms with van der Waals surface area (Å²) in [5.41, 5.74) is 5.74. The molecule has 0 saturated carbocycles. The van der Waals surface area contributed by atoms with E-state index in [0.717, 1.165) is 12.8 Å². The van der Waals surface area contributed by atoms with Gasteiger partial charge in [-0.15, -0.1) is 0 Å². The Morgan fingerprint density at radius 3 is 2.00 bits per heavy atom. The summed E-state index contributed by atoms with van der Waals surface area (Å²) in [4.78, 5) is 0. The summed E-state index contributed by atoms with van der Waals surface area (Å²) < 4.78 is 5.48. The van der Waals surface area contributed by atoms with Gasteiger partial charge in [0.1, 0.15) is 0 Å². The van der Waals surface area contributed by atoms with Crippen molar-refractivity contribution in [3.8, 4) is 0 Å². The van der Waals surface area contributed by atoms with E-state index in [2.05, 4.69) is 13.8 Å². The Morgan fingerprint density at radius 1 is 1.22 bits per heavy atom. The van der Waals surface area contributed by atoms with Gasteiger partial charge in [-0.3, -0.25) is 0 Å². The van der Waals surface area contributed by atoms with E-state index in [0.29, 0.717) is 18.2 Å². The van der Waals surface area contributed by atoms with Crippen molar-refractivity contribution in [2.24, 2.45) is 5.73 Å². The first kappa shape index (κ1) is 7.03. The molecule has 1 fully saturated rings. The highest BCUT2D eigenvalue weighted by Crippen LogP contribution is 2.16. The number of ether oxygens (including phenoxy) is 1. The largest absolute Gasteiger partial charge is 0.375 e. The quantitative estimate of drug-likeness (QED) is 0.527. The minimum absolute atomic E-state index is 0.365. The topological polar surface area (TPSA) is 35.2 Å². The second-order valence-electron chi connectivity index (χ2n) is 2.99. The van der Waals surface area contributed by atoms with Crippen molar-refractivity contribution in [3.05, 3.63) is 0 Å². The second-order valence-corrected chi connectivity index (χ2v) is 2.99. The van der Waals surface area contributed by atoms with Crippen molar-refractivity contribution < 1.29 is 4.74 Å². The van der Waals surface area contributed by atoms with Crippen LogP contribution >= 0.6 is 0 Å². The van der Waals surface area contributed by atoms with Gasteiger partial charge in [0.2, 0.25) is 0 Å². The highest BCUT2D eigenvalue weighted by molar-refractivity contribution is 4.74. The van der Waals surface area contributed by atoms with Gasteiger partial charge in [0.15, 0.2) is 0 Å². The van der Waals surface area contributed by atoms with Crippen molar-refractivity contribution in [1.29, 1.82) is 0 Å². The van der Waals surface area contributed by atoms with E-state index in [1.807, 2.05) is 0 Å². The van der Waals surface area contributed by atoms with Gasteiger partial charge >= 0.3 is 0 Å².